The van der Waals surface area contributed by atoms with Crippen LogP contribution >= 0.6 is 11.6 Å². The van der Waals surface area contributed by atoms with Gasteiger partial charge in [-0.2, -0.15) is 0 Å². The number of fused-ring (bicyclic) bond motifs is 3. The lowest BCUT2D eigenvalue weighted by Gasteiger charge is -2.69. The van der Waals surface area contributed by atoms with E-state index in [0.29, 0.717) is 6.42 Å². The lowest BCUT2D eigenvalue weighted by Crippen LogP contribution is -2.80. The third kappa shape index (κ3) is 3.07. The van der Waals surface area contributed by atoms with Crippen LogP contribution in [0.3, 0.4) is 0 Å². The van der Waals surface area contributed by atoms with Crippen LogP contribution in [0.25, 0.3) is 0 Å². The van der Waals surface area contributed by atoms with Crippen LogP contribution in [0.2, 0.25) is 5.02 Å². The van der Waals surface area contributed by atoms with Crippen LogP contribution in [0.4, 0.5) is 0 Å². The first-order valence-corrected chi connectivity index (χ1v) is 11.6. The molecule has 9 heteroatoms. The van der Waals surface area contributed by atoms with Gasteiger partial charge in [0.1, 0.15) is 28.8 Å². The van der Waals surface area contributed by atoms with Gasteiger partial charge in [0.15, 0.2) is 0 Å². The van der Waals surface area contributed by atoms with E-state index in [1.807, 2.05) is 20.8 Å². The maximum absolute atomic E-state index is 13.1. The second-order valence-corrected chi connectivity index (χ2v) is 11.2. The fourth-order valence-corrected chi connectivity index (χ4v) is 7.24. The van der Waals surface area contributed by atoms with Gasteiger partial charge < -0.3 is 35.0 Å². The molecule has 3 aliphatic rings. The number of carbonyl (C=O) groups is 1. The Kier molecular flexibility index (Phi) is 5.74. The topological polar surface area (TPSA) is 137 Å². The molecule has 1 aromatic rings. The van der Waals surface area contributed by atoms with Gasteiger partial charge in [0.05, 0.1) is 30.9 Å². The number of rotatable bonds is 4. The highest BCUT2D eigenvalue weighted by molar-refractivity contribution is 6.33. The summed E-state index contributed by atoms with van der Waals surface area (Å²) in [6.45, 7) is 6.71. The number of methoxy groups -OCH3 is 1. The highest BCUT2D eigenvalue weighted by Crippen LogP contribution is 2.70. The lowest BCUT2D eigenvalue weighted by molar-refractivity contribution is -0.340. The number of aliphatic hydroxyl groups is 4. The second-order valence-electron chi connectivity index (χ2n) is 10.9. The van der Waals surface area contributed by atoms with Crippen LogP contribution in [0.15, 0.2) is 6.07 Å². The van der Waals surface area contributed by atoms with Crippen molar-refractivity contribution in [1.82, 2.24) is 0 Å². The molecule has 0 heterocycles. The van der Waals surface area contributed by atoms with Crippen LogP contribution in [-0.2, 0) is 4.74 Å². The van der Waals surface area contributed by atoms with Crippen molar-refractivity contribution in [3.63, 3.8) is 0 Å². The van der Waals surface area contributed by atoms with E-state index in [2.05, 4.69) is 0 Å². The van der Waals surface area contributed by atoms with Crippen LogP contribution in [0.5, 0.6) is 11.5 Å². The number of ether oxygens (including phenoxy) is 2. The molecule has 1 aromatic carbocycles. The Bertz CT molecular complexity index is 980. The Morgan fingerprint density at radius 3 is 2.45 bits per heavy atom. The van der Waals surface area contributed by atoms with Crippen LogP contribution in [0.1, 0.15) is 49.5 Å². The molecule has 3 saturated carbocycles. The zero-order valence-corrected chi connectivity index (χ0v) is 20.3. The van der Waals surface area contributed by atoms with Crippen molar-refractivity contribution < 1.29 is 39.8 Å². The summed E-state index contributed by atoms with van der Waals surface area (Å²) in [6.07, 6.45) is -2.07. The molecule has 33 heavy (non-hydrogen) atoms. The molecule has 0 aromatic heterocycles. The molecule has 0 amide bonds. The Hall–Kier alpha value is -1.58. The average Bonchev–Trinajstić information content (AvgIpc) is 2.99. The normalized spacial score (nSPS) is 41.0. The molecule has 0 spiro atoms. The van der Waals surface area contributed by atoms with E-state index in [4.69, 9.17) is 21.1 Å². The molecule has 3 fully saturated rings. The fraction of sp³-hybridized carbons (Fsp3) is 0.708. The molecule has 5 N–H and O–H groups in total. The third-order valence-corrected chi connectivity index (χ3v) is 9.32. The SMILES string of the molecule is COc1cc(O)c(C(=O)O[C@@H]2C[C@]3(C)[C@@H]4[C@@H](CC(C)(C)[C@@H]4O)[C@H](O)[C@@H](CO)[C@]23O)c(C)c1Cl. The molecule has 8 atom stereocenters. The highest BCUT2D eigenvalue weighted by atomic mass is 35.5. The predicted molar refractivity (Wildman–Crippen MR) is 119 cm³/mol. The van der Waals surface area contributed by atoms with E-state index in [1.54, 1.807) is 6.92 Å². The van der Waals surface area contributed by atoms with E-state index >= 15 is 0 Å². The number of benzene rings is 1. The predicted octanol–water partition coefficient (Wildman–Crippen LogP) is 2.04. The van der Waals surface area contributed by atoms with Gasteiger partial charge in [-0.05, 0) is 42.6 Å². The molecule has 4 rings (SSSR count). The number of halogens is 1. The van der Waals surface area contributed by atoms with Crippen molar-refractivity contribution in [2.75, 3.05) is 13.7 Å². The molecule has 0 aliphatic heterocycles. The minimum atomic E-state index is -1.75. The summed E-state index contributed by atoms with van der Waals surface area (Å²) >= 11 is 6.24. The van der Waals surface area contributed by atoms with Crippen molar-refractivity contribution in [3.8, 4) is 11.5 Å². The zero-order valence-electron chi connectivity index (χ0n) is 19.5. The summed E-state index contributed by atoms with van der Waals surface area (Å²) < 4.78 is 10.8. The number of hydrogen-bond acceptors (Lipinski definition) is 8. The summed E-state index contributed by atoms with van der Waals surface area (Å²) in [5, 5.41) is 54.7. The molecule has 184 valence electrons. The average molecular weight is 485 g/mol. The Morgan fingerprint density at radius 1 is 1.24 bits per heavy atom. The second kappa shape index (κ2) is 7.71. The maximum atomic E-state index is 13.1. The Labute approximate surface area is 198 Å². The number of aromatic hydroxyl groups is 1. The van der Waals surface area contributed by atoms with Gasteiger partial charge in [-0.3, -0.25) is 0 Å². The molecule has 0 saturated heterocycles. The van der Waals surface area contributed by atoms with E-state index < -0.39 is 59.2 Å². The van der Waals surface area contributed by atoms with Gasteiger partial charge in [0, 0.05) is 17.4 Å². The van der Waals surface area contributed by atoms with Crippen molar-refractivity contribution in [1.29, 1.82) is 0 Å². The fourth-order valence-electron chi connectivity index (χ4n) is 7.01. The quantitative estimate of drug-likeness (QED) is 0.409. The van der Waals surface area contributed by atoms with Gasteiger partial charge in [-0.15, -0.1) is 0 Å². The van der Waals surface area contributed by atoms with Gasteiger partial charge in [-0.1, -0.05) is 32.4 Å². The zero-order chi connectivity index (χ0) is 24.7. The molecule has 0 unspecified atom stereocenters. The van der Waals surface area contributed by atoms with Crippen molar-refractivity contribution in [2.45, 2.75) is 64.4 Å². The molecule has 8 nitrogen and oxygen atoms in total. The van der Waals surface area contributed by atoms with Crippen molar-refractivity contribution in [3.05, 3.63) is 22.2 Å². The lowest BCUT2D eigenvalue weighted by atomic mass is 9.40. The summed E-state index contributed by atoms with van der Waals surface area (Å²) in [5.41, 5.74) is -2.97. The number of phenols is 1. The largest absolute Gasteiger partial charge is 0.507 e. The minimum absolute atomic E-state index is 0.144. The van der Waals surface area contributed by atoms with E-state index in [1.165, 1.54) is 13.2 Å². The maximum Gasteiger partial charge on any atom is 0.342 e. The van der Waals surface area contributed by atoms with Crippen LogP contribution in [0, 0.1) is 35.5 Å². The van der Waals surface area contributed by atoms with Gasteiger partial charge in [0.25, 0.3) is 0 Å². The first-order valence-electron chi connectivity index (χ1n) is 11.2. The monoisotopic (exact) mass is 484 g/mol. The third-order valence-electron chi connectivity index (χ3n) is 8.85. The smallest absolute Gasteiger partial charge is 0.342 e. The number of carbonyl (C=O) groups excluding carboxylic acids is 1. The standard InChI is InChI=1S/C24H33ClO8/c1-10-16(13(27)6-14(32-5)18(10)25)21(30)33-15-8-23(4)17-11(7-22(2,3)20(17)29)19(28)12(9-26)24(15,23)31/h6,11-12,15,17,19-20,26-29,31H,7-9H2,1-5H3/t11-,12-,15-,17-,19+,20-,23-,24+/m1/s1. The van der Waals surface area contributed by atoms with Crippen LogP contribution in [-0.4, -0.2) is 69.1 Å². The van der Waals surface area contributed by atoms with Gasteiger partial charge >= 0.3 is 5.97 Å². The first-order chi connectivity index (χ1) is 15.3. The van der Waals surface area contributed by atoms with E-state index in [0.717, 1.165) is 0 Å². The number of esters is 1. The summed E-state index contributed by atoms with van der Waals surface area (Å²) in [7, 11) is 1.39. The van der Waals surface area contributed by atoms with E-state index in [-0.39, 0.29) is 40.0 Å². The van der Waals surface area contributed by atoms with Gasteiger partial charge in [-0.25, -0.2) is 4.79 Å². The number of hydrogen-bond donors (Lipinski definition) is 5. The minimum Gasteiger partial charge on any atom is -0.507 e. The molecule has 3 aliphatic carbocycles. The van der Waals surface area contributed by atoms with Crippen LogP contribution < -0.4 is 4.74 Å². The Balaban J connectivity index is 1.68. The van der Waals surface area contributed by atoms with Crippen molar-refractivity contribution in [2.24, 2.45) is 28.6 Å². The van der Waals surface area contributed by atoms with Crippen molar-refractivity contribution >= 4 is 17.6 Å². The summed E-state index contributed by atoms with van der Waals surface area (Å²) in [4.78, 5) is 13.1. The summed E-state index contributed by atoms with van der Waals surface area (Å²) in [5.74, 6) is -2.71. The summed E-state index contributed by atoms with van der Waals surface area (Å²) in [6, 6.07) is 1.22. The Morgan fingerprint density at radius 2 is 1.88 bits per heavy atom. The number of phenolic OH excluding ortho intramolecular Hbond substituents is 1. The number of aliphatic hydroxyl groups excluding tert-OH is 3. The molecule has 0 radical (unpaired) electrons. The first kappa shape index (κ1) is 24.5. The van der Waals surface area contributed by atoms with E-state index in [9.17, 15) is 30.3 Å². The highest BCUT2D eigenvalue weighted by Gasteiger charge is 2.78. The van der Waals surface area contributed by atoms with Gasteiger partial charge in [0.2, 0.25) is 0 Å². The molecule has 0 bridgehead atoms. The molecular formula is C24H33ClO8. The molecular weight excluding hydrogens is 452 g/mol.